The Hall–Kier alpha value is -1.65. The fourth-order valence-electron chi connectivity index (χ4n) is 1.78. The quantitative estimate of drug-likeness (QED) is 0.647. The van der Waals surface area contributed by atoms with E-state index in [1.807, 2.05) is 24.3 Å². The molecule has 2 heterocycles. The Morgan fingerprint density at radius 2 is 1.89 bits per heavy atom. The topological polar surface area (TPSA) is 26.3 Å². The molecule has 0 unspecified atom stereocenters. The summed E-state index contributed by atoms with van der Waals surface area (Å²) in [6, 6.07) is 14.2. The first-order valence-corrected chi connectivity index (χ1v) is 7.08. The van der Waals surface area contributed by atoms with Crippen LogP contribution in [0.2, 0.25) is 0 Å². The summed E-state index contributed by atoms with van der Waals surface area (Å²) in [7, 11) is 1.40. The van der Waals surface area contributed by atoms with Crippen molar-refractivity contribution in [3.8, 4) is 9.75 Å². The molecule has 0 spiro atoms. The van der Waals surface area contributed by atoms with Gasteiger partial charge in [0.05, 0.1) is 7.11 Å². The van der Waals surface area contributed by atoms with E-state index in [1.165, 1.54) is 33.4 Å². The van der Waals surface area contributed by atoms with Crippen LogP contribution in [-0.2, 0) is 4.74 Å². The van der Waals surface area contributed by atoms with Gasteiger partial charge in [0.15, 0.2) is 0 Å². The zero-order chi connectivity index (χ0) is 12.5. The Kier molecular flexibility index (Phi) is 2.89. The third-order valence-corrected chi connectivity index (χ3v) is 5.04. The van der Waals surface area contributed by atoms with Gasteiger partial charge in [0.25, 0.3) is 0 Å². The number of methoxy groups -OCH3 is 1. The third-order valence-electron chi connectivity index (χ3n) is 2.66. The Bertz CT molecular complexity index is 676. The van der Waals surface area contributed by atoms with Crippen molar-refractivity contribution in [1.29, 1.82) is 0 Å². The molecule has 2 nitrogen and oxygen atoms in total. The highest BCUT2D eigenvalue weighted by molar-refractivity contribution is 7.26. The third kappa shape index (κ3) is 1.94. The Balaban J connectivity index is 2.03. The molecule has 0 radical (unpaired) electrons. The van der Waals surface area contributed by atoms with Crippen molar-refractivity contribution in [2.75, 3.05) is 7.11 Å². The van der Waals surface area contributed by atoms with Gasteiger partial charge >= 0.3 is 5.97 Å². The lowest BCUT2D eigenvalue weighted by Gasteiger charge is -1.92. The molecule has 2 aromatic heterocycles. The average molecular weight is 274 g/mol. The summed E-state index contributed by atoms with van der Waals surface area (Å²) in [4.78, 5) is 14.4. The molecule has 0 aliphatic rings. The summed E-state index contributed by atoms with van der Waals surface area (Å²) in [6.07, 6.45) is 0. The number of thiophene rings is 2. The van der Waals surface area contributed by atoms with Gasteiger partial charge in [-0.15, -0.1) is 22.7 Å². The largest absolute Gasteiger partial charge is 0.465 e. The second-order valence-electron chi connectivity index (χ2n) is 3.80. The van der Waals surface area contributed by atoms with E-state index in [1.54, 1.807) is 11.3 Å². The Morgan fingerprint density at radius 3 is 2.67 bits per heavy atom. The molecular formula is C14H10O2S2. The highest BCUT2D eigenvalue weighted by atomic mass is 32.1. The van der Waals surface area contributed by atoms with Gasteiger partial charge < -0.3 is 4.74 Å². The lowest BCUT2D eigenvalue weighted by molar-refractivity contribution is 0.0606. The van der Waals surface area contributed by atoms with E-state index in [0.29, 0.717) is 4.88 Å². The van der Waals surface area contributed by atoms with E-state index in [4.69, 9.17) is 4.74 Å². The smallest absolute Gasteiger partial charge is 0.348 e. The molecule has 0 aliphatic heterocycles. The molecule has 0 saturated heterocycles. The predicted octanol–water partition coefficient (Wildman–Crippen LogP) is 4.42. The number of benzene rings is 1. The summed E-state index contributed by atoms with van der Waals surface area (Å²) in [6.45, 7) is 0. The SMILES string of the molecule is COC(=O)c1ccc(-c2cc3ccccc3s2)s1. The minimum atomic E-state index is -0.271. The summed E-state index contributed by atoms with van der Waals surface area (Å²) in [5.41, 5.74) is 0. The number of hydrogen-bond donors (Lipinski definition) is 0. The van der Waals surface area contributed by atoms with Crippen LogP contribution in [0, 0.1) is 0 Å². The maximum atomic E-state index is 11.4. The van der Waals surface area contributed by atoms with Crippen molar-refractivity contribution in [2.24, 2.45) is 0 Å². The summed E-state index contributed by atoms with van der Waals surface area (Å²) >= 11 is 3.21. The van der Waals surface area contributed by atoms with E-state index >= 15 is 0 Å². The number of carbonyl (C=O) groups is 1. The molecule has 3 aromatic rings. The molecule has 0 saturated carbocycles. The highest BCUT2D eigenvalue weighted by Gasteiger charge is 2.11. The number of fused-ring (bicyclic) bond motifs is 1. The van der Waals surface area contributed by atoms with Crippen LogP contribution in [0.3, 0.4) is 0 Å². The minimum absolute atomic E-state index is 0.271. The van der Waals surface area contributed by atoms with Crippen LogP contribution < -0.4 is 0 Å². The molecule has 0 aliphatic carbocycles. The zero-order valence-electron chi connectivity index (χ0n) is 9.67. The van der Waals surface area contributed by atoms with E-state index in [0.717, 1.165) is 4.88 Å². The molecule has 0 atom stereocenters. The number of carbonyl (C=O) groups excluding carboxylic acids is 1. The van der Waals surface area contributed by atoms with Gasteiger partial charge in [0.1, 0.15) is 4.88 Å². The zero-order valence-corrected chi connectivity index (χ0v) is 11.3. The molecule has 1 aromatic carbocycles. The second kappa shape index (κ2) is 4.55. The fourth-order valence-corrected chi connectivity index (χ4v) is 3.85. The normalized spacial score (nSPS) is 10.7. The maximum absolute atomic E-state index is 11.4. The molecule has 0 N–H and O–H groups in total. The molecule has 4 heteroatoms. The van der Waals surface area contributed by atoms with Crippen LogP contribution in [-0.4, -0.2) is 13.1 Å². The number of rotatable bonds is 2. The van der Waals surface area contributed by atoms with Gasteiger partial charge in [-0.1, -0.05) is 18.2 Å². The first-order chi connectivity index (χ1) is 8.78. The highest BCUT2D eigenvalue weighted by Crippen LogP contribution is 2.37. The van der Waals surface area contributed by atoms with Crippen molar-refractivity contribution in [3.05, 3.63) is 47.3 Å². The van der Waals surface area contributed by atoms with Crippen molar-refractivity contribution in [1.82, 2.24) is 0 Å². The standard InChI is InChI=1S/C14H10O2S2/c1-16-14(15)12-7-6-11(18-12)13-8-9-4-2-3-5-10(9)17-13/h2-8H,1H3. The van der Waals surface area contributed by atoms with Crippen LogP contribution in [0.25, 0.3) is 19.8 Å². The molecular weight excluding hydrogens is 264 g/mol. The van der Waals surface area contributed by atoms with E-state index < -0.39 is 0 Å². The van der Waals surface area contributed by atoms with Crippen LogP contribution in [0.4, 0.5) is 0 Å². The van der Waals surface area contributed by atoms with Gasteiger partial charge in [-0.3, -0.25) is 0 Å². The van der Waals surface area contributed by atoms with Gasteiger partial charge in [0, 0.05) is 14.5 Å². The molecule has 0 amide bonds. The molecule has 90 valence electrons. The van der Waals surface area contributed by atoms with Gasteiger partial charge in [-0.2, -0.15) is 0 Å². The van der Waals surface area contributed by atoms with Crippen molar-refractivity contribution in [2.45, 2.75) is 0 Å². The van der Waals surface area contributed by atoms with Crippen molar-refractivity contribution in [3.63, 3.8) is 0 Å². The lowest BCUT2D eigenvalue weighted by atomic mass is 10.2. The monoisotopic (exact) mass is 274 g/mol. The first-order valence-electron chi connectivity index (χ1n) is 5.45. The molecule has 0 bridgehead atoms. The van der Waals surface area contributed by atoms with E-state index in [-0.39, 0.29) is 5.97 Å². The predicted molar refractivity (Wildman–Crippen MR) is 76.5 cm³/mol. The first kappa shape index (κ1) is 11.4. The van der Waals surface area contributed by atoms with Crippen molar-refractivity contribution >= 4 is 38.7 Å². The molecule has 18 heavy (non-hydrogen) atoms. The van der Waals surface area contributed by atoms with Crippen molar-refractivity contribution < 1.29 is 9.53 Å². The second-order valence-corrected chi connectivity index (χ2v) is 5.97. The molecule has 0 fully saturated rings. The van der Waals surface area contributed by atoms with Gasteiger partial charge in [-0.25, -0.2) is 4.79 Å². The van der Waals surface area contributed by atoms with Crippen LogP contribution in [0.1, 0.15) is 9.67 Å². The maximum Gasteiger partial charge on any atom is 0.348 e. The van der Waals surface area contributed by atoms with Crippen LogP contribution >= 0.6 is 22.7 Å². The summed E-state index contributed by atoms with van der Waals surface area (Å²) in [5, 5.41) is 1.24. The van der Waals surface area contributed by atoms with Gasteiger partial charge in [0.2, 0.25) is 0 Å². The average Bonchev–Trinajstić information content (AvgIpc) is 3.03. The minimum Gasteiger partial charge on any atom is -0.465 e. The fraction of sp³-hybridized carbons (Fsp3) is 0.0714. The van der Waals surface area contributed by atoms with Gasteiger partial charge in [-0.05, 0) is 29.7 Å². The molecule has 3 rings (SSSR count). The van der Waals surface area contributed by atoms with Crippen LogP contribution in [0.15, 0.2) is 42.5 Å². The Morgan fingerprint density at radius 1 is 1.06 bits per heavy atom. The number of ether oxygens (including phenoxy) is 1. The Labute approximate surface area is 112 Å². The number of esters is 1. The van der Waals surface area contributed by atoms with E-state index in [2.05, 4.69) is 18.2 Å². The summed E-state index contributed by atoms with van der Waals surface area (Å²) < 4.78 is 5.98. The lowest BCUT2D eigenvalue weighted by Crippen LogP contribution is -1.96. The summed E-state index contributed by atoms with van der Waals surface area (Å²) in [5.74, 6) is -0.271. The van der Waals surface area contributed by atoms with Crippen LogP contribution in [0.5, 0.6) is 0 Å². The number of hydrogen-bond acceptors (Lipinski definition) is 4. The van der Waals surface area contributed by atoms with E-state index in [9.17, 15) is 4.79 Å².